The number of fused-ring (bicyclic) bond motifs is 1. The van der Waals surface area contributed by atoms with Gasteiger partial charge < -0.3 is 5.32 Å². The van der Waals surface area contributed by atoms with Gasteiger partial charge in [0.05, 0.1) is 12.2 Å². The normalized spacial score (nSPS) is 14.2. The van der Waals surface area contributed by atoms with Gasteiger partial charge in [0.1, 0.15) is 0 Å². The van der Waals surface area contributed by atoms with Crippen LogP contribution in [-0.4, -0.2) is 27.1 Å². The molecule has 5 nitrogen and oxygen atoms in total. The first-order valence-electron chi connectivity index (χ1n) is 8.84. The molecule has 0 atom stereocenters. The van der Waals surface area contributed by atoms with E-state index in [4.69, 9.17) is 0 Å². The topological polar surface area (TPSA) is 50.2 Å². The number of nitrogens with one attached hydrogen (secondary N) is 1. The number of aryl methyl sites for hydroxylation is 1. The maximum absolute atomic E-state index is 12.4. The first kappa shape index (κ1) is 17.0. The predicted molar refractivity (Wildman–Crippen MR) is 103 cm³/mol. The Morgan fingerprint density at radius 3 is 2.81 bits per heavy atom. The second kappa shape index (κ2) is 7.43. The Labute approximate surface area is 157 Å². The molecule has 0 spiro atoms. The van der Waals surface area contributed by atoms with Crippen molar-refractivity contribution in [2.75, 3.05) is 6.54 Å². The van der Waals surface area contributed by atoms with E-state index >= 15 is 0 Å². The van der Waals surface area contributed by atoms with Gasteiger partial charge in [-0.15, -0.1) is 11.3 Å². The molecule has 26 heavy (non-hydrogen) atoms. The van der Waals surface area contributed by atoms with Gasteiger partial charge in [0.2, 0.25) is 0 Å². The minimum Gasteiger partial charge on any atom is -0.347 e. The Kier molecular flexibility index (Phi) is 4.86. The Morgan fingerprint density at radius 1 is 1.19 bits per heavy atom. The van der Waals surface area contributed by atoms with E-state index in [0.717, 1.165) is 37.4 Å². The number of hydrogen-bond acceptors (Lipinski definition) is 4. The van der Waals surface area contributed by atoms with Gasteiger partial charge in [0.25, 0.3) is 5.91 Å². The van der Waals surface area contributed by atoms with Gasteiger partial charge in [-0.1, -0.05) is 30.3 Å². The first-order chi connectivity index (χ1) is 12.7. The molecule has 1 aliphatic rings. The third kappa shape index (κ3) is 3.86. The van der Waals surface area contributed by atoms with Crippen LogP contribution in [0.3, 0.4) is 0 Å². The summed E-state index contributed by atoms with van der Waals surface area (Å²) < 4.78 is 1.97. The lowest BCUT2D eigenvalue weighted by Gasteiger charge is -2.26. The second-order valence-corrected chi connectivity index (χ2v) is 8.01. The molecule has 134 valence electrons. The average Bonchev–Trinajstić information content (AvgIpc) is 3.26. The van der Waals surface area contributed by atoms with E-state index in [2.05, 4.69) is 34.4 Å². The van der Waals surface area contributed by atoms with E-state index in [1.807, 2.05) is 52.4 Å². The molecule has 1 amide bonds. The van der Waals surface area contributed by atoms with Gasteiger partial charge in [0.15, 0.2) is 5.69 Å². The molecule has 3 heterocycles. The minimum absolute atomic E-state index is 0.115. The predicted octanol–water partition coefficient (Wildman–Crippen LogP) is 3.20. The van der Waals surface area contributed by atoms with Crippen LogP contribution in [0, 0.1) is 6.92 Å². The molecule has 2 aromatic heterocycles. The van der Waals surface area contributed by atoms with Crippen molar-refractivity contribution in [2.45, 2.75) is 33.1 Å². The zero-order valence-corrected chi connectivity index (χ0v) is 15.6. The molecule has 0 radical (unpaired) electrons. The summed E-state index contributed by atoms with van der Waals surface area (Å²) in [7, 11) is 0. The number of rotatable bonds is 5. The molecule has 0 bridgehead atoms. The minimum atomic E-state index is -0.115. The summed E-state index contributed by atoms with van der Waals surface area (Å²) in [5.74, 6) is -0.115. The van der Waals surface area contributed by atoms with E-state index < -0.39 is 0 Å². The molecule has 0 saturated carbocycles. The quantitative estimate of drug-likeness (QED) is 0.754. The van der Waals surface area contributed by atoms with Crippen LogP contribution in [0.2, 0.25) is 0 Å². The SMILES string of the molecule is Cc1ccc(CN2CCn3nc(C(=O)NCc4ccccc4)cc3C2)s1. The van der Waals surface area contributed by atoms with Crippen LogP contribution in [0.25, 0.3) is 0 Å². The highest BCUT2D eigenvalue weighted by molar-refractivity contribution is 7.11. The highest BCUT2D eigenvalue weighted by Crippen LogP contribution is 2.21. The summed E-state index contributed by atoms with van der Waals surface area (Å²) in [5, 5.41) is 7.44. The summed E-state index contributed by atoms with van der Waals surface area (Å²) in [4.78, 5) is 17.6. The summed E-state index contributed by atoms with van der Waals surface area (Å²) in [6, 6.07) is 16.2. The Bertz CT molecular complexity index is 900. The molecule has 0 aliphatic carbocycles. The Morgan fingerprint density at radius 2 is 2.04 bits per heavy atom. The monoisotopic (exact) mass is 366 g/mol. The molecule has 1 aliphatic heterocycles. The number of benzene rings is 1. The van der Waals surface area contributed by atoms with Crippen molar-refractivity contribution in [2.24, 2.45) is 0 Å². The van der Waals surface area contributed by atoms with Crippen molar-refractivity contribution >= 4 is 17.2 Å². The zero-order valence-electron chi connectivity index (χ0n) is 14.8. The molecule has 1 N–H and O–H groups in total. The molecule has 6 heteroatoms. The fourth-order valence-electron chi connectivity index (χ4n) is 3.23. The van der Waals surface area contributed by atoms with Crippen LogP contribution in [-0.2, 0) is 26.2 Å². The number of hydrogen-bond donors (Lipinski definition) is 1. The van der Waals surface area contributed by atoms with Gasteiger partial charge >= 0.3 is 0 Å². The molecule has 0 saturated heterocycles. The lowest BCUT2D eigenvalue weighted by atomic mass is 10.2. The van der Waals surface area contributed by atoms with E-state index in [1.54, 1.807) is 0 Å². The second-order valence-electron chi connectivity index (χ2n) is 6.64. The Balaban J connectivity index is 1.38. The van der Waals surface area contributed by atoms with Gasteiger partial charge in [-0.3, -0.25) is 14.4 Å². The van der Waals surface area contributed by atoms with E-state index in [0.29, 0.717) is 12.2 Å². The third-order valence-electron chi connectivity index (χ3n) is 4.58. The molecular formula is C20H22N4OS. The van der Waals surface area contributed by atoms with Crippen LogP contribution in [0.4, 0.5) is 0 Å². The molecule has 3 aromatic rings. The van der Waals surface area contributed by atoms with Crippen molar-refractivity contribution in [3.63, 3.8) is 0 Å². The molecular weight excluding hydrogens is 344 g/mol. The number of amides is 1. The number of carbonyl (C=O) groups excluding carboxylic acids is 1. The summed E-state index contributed by atoms with van der Waals surface area (Å²) in [5.41, 5.74) is 2.70. The summed E-state index contributed by atoms with van der Waals surface area (Å²) in [6.45, 7) is 6.23. The number of thiophene rings is 1. The van der Waals surface area contributed by atoms with Gasteiger partial charge in [-0.25, -0.2) is 0 Å². The number of carbonyl (C=O) groups is 1. The molecule has 0 unspecified atom stereocenters. The van der Waals surface area contributed by atoms with Gasteiger partial charge in [-0.2, -0.15) is 5.10 Å². The first-order valence-corrected chi connectivity index (χ1v) is 9.65. The van der Waals surface area contributed by atoms with Crippen LogP contribution < -0.4 is 5.32 Å². The maximum Gasteiger partial charge on any atom is 0.272 e. The van der Waals surface area contributed by atoms with E-state index in [9.17, 15) is 4.79 Å². The highest BCUT2D eigenvalue weighted by atomic mass is 32.1. The van der Waals surface area contributed by atoms with Crippen LogP contribution in [0.1, 0.15) is 31.5 Å². The van der Waals surface area contributed by atoms with E-state index in [-0.39, 0.29) is 5.91 Å². The maximum atomic E-state index is 12.4. The molecule has 4 rings (SSSR count). The average molecular weight is 366 g/mol. The largest absolute Gasteiger partial charge is 0.347 e. The molecule has 1 aromatic carbocycles. The highest BCUT2D eigenvalue weighted by Gasteiger charge is 2.21. The van der Waals surface area contributed by atoms with Crippen molar-refractivity contribution in [3.05, 3.63) is 75.2 Å². The summed E-state index contributed by atoms with van der Waals surface area (Å²) >= 11 is 1.85. The van der Waals surface area contributed by atoms with E-state index in [1.165, 1.54) is 9.75 Å². The molecule has 0 fully saturated rings. The van der Waals surface area contributed by atoms with Crippen molar-refractivity contribution in [3.8, 4) is 0 Å². The van der Waals surface area contributed by atoms with Gasteiger partial charge in [-0.05, 0) is 30.7 Å². The fourth-order valence-corrected chi connectivity index (χ4v) is 4.16. The zero-order chi connectivity index (χ0) is 17.9. The lowest BCUT2D eigenvalue weighted by molar-refractivity contribution is 0.0945. The number of aromatic nitrogens is 2. The van der Waals surface area contributed by atoms with Gasteiger partial charge in [0, 0.05) is 35.9 Å². The van der Waals surface area contributed by atoms with Crippen molar-refractivity contribution in [1.82, 2.24) is 20.0 Å². The fraction of sp³-hybridized carbons (Fsp3) is 0.300. The van der Waals surface area contributed by atoms with Crippen LogP contribution in [0.15, 0.2) is 48.5 Å². The van der Waals surface area contributed by atoms with Crippen LogP contribution in [0.5, 0.6) is 0 Å². The smallest absolute Gasteiger partial charge is 0.272 e. The van der Waals surface area contributed by atoms with Crippen molar-refractivity contribution < 1.29 is 4.79 Å². The van der Waals surface area contributed by atoms with Crippen LogP contribution >= 0.6 is 11.3 Å². The number of nitrogens with zero attached hydrogens (tertiary/aromatic N) is 3. The summed E-state index contributed by atoms with van der Waals surface area (Å²) in [6.07, 6.45) is 0. The third-order valence-corrected chi connectivity index (χ3v) is 5.57. The Hall–Kier alpha value is -2.44. The lowest BCUT2D eigenvalue weighted by Crippen LogP contribution is -2.33. The standard InChI is InChI=1S/C20H22N4OS/c1-15-7-8-18(26-15)14-23-9-10-24-17(13-23)11-19(22-24)20(25)21-12-16-5-3-2-4-6-16/h2-8,11H,9-10,12-14H2,1H3,(H,21,25). The van der Waals surface area contributed by atoms with Crippen molar-refractivity contribution in [1.29, 1.82) is 0 Å².